The lowest BCUT2D eigenvalue weighted by atomic mass is 10.2. The molecule has 0 radical (unpaired) electrons. The van der Waals surface area contributed by atoms with Gasteiger partial charge in [-0.2, -0.15) is 0 Å². The monoisotopic (exact) mass is 253 g/mol. The van der Waals surface area contributed by atoms with Crippen LogP contribution in [0, 0.1) is 0 Å². The van der Waals surface area contributed by atoms with E-state index in [1.54, 1.807) is 17.5 Å². The lowest BCUT2D eigenvalue weighted by molar-refractivity contribution is 0.562. The molecule has 2 aromatic heterocycles. The normalized spacial score (nSPS) is 11.1. The second-order valence-corrected chi connectivity index (χ2v) is 4.73. The Morgan fingerprint density at radius 3 is 2.67 bits per heavy atom. The van der Waals surface area contributed by atoms with Crippen molar-refractivity contribution in [3.8, 4) is 10.6 Å². The van der Waals surface area contributed by atoms with Crippen LogP contribution in [-0.4, -0.2) is 4.98 Å². The predicted octanol–water partition coefficient (Wildman–Crippen LogP) is 4.57. The first-order valence-corrected chi connectivity index (χ1v) is 6.52. The number of hydrogen-bond donors (Lipinski definition) is 0. The maximum atomic E-state index is 5.66. The van der Waals surface area contributed by atoms with Gasteiger partial charge in [-0.3, -0.25) is 0 Å². The van der Waals surface area contributed by atoms with Crippen LogP contribution in [0.15, 0.2) is 58.5 Å². The van der Waals surface area contributed by atoms with E-state index < -0.39 is 0 Å². The van der Waals surface area contributed by atoms with Gasteiger partial charge in [0.2, 0.25) is 5.89 Å². The highest BCUT2D eigenvalue weighted by atomic mass is 32.1. The van der Waals surface area contributed by atoms with Gasteiger partial charge in [0.1, 0.15) is 0 Å². The molecule has 3 rings (SSSR count). The molecule has 0 aliphatic carbocycles. The summed E-state index contributed by atoms with van der Waals surface area (Å²) in [4.78, 5) is 5.34. The summed E-state index contributed by atoms with van der Waals surface area (Å²) in [6, 6.07) is 14.1. The Kier molecular flexibility index (Phi) is 3.07. The highest BCUT2D eigenvalue weighted by Crippen LogP contribution is 2.25. The largest absolute Gasteiger partial charge is 0.436 e. The van der Waals surface area contributed by atoms with Crippen LogP contribution in [0.3, 0.4) is 0 Å². The van der Waals surface area contributed by atoms with Crippen molar-refractivity contribution in [2.24, 2.45) is 0 Å². The molecular weight excluding hydrogens is 242 g/mol. The average molecular weight is 253 g/mol. The molecule has 0 amide bonds. The summed E-state index contributed by atoms with van der Waals surface area (Å²) >= 11 is 1.65. The van der Waals surface area contributed by atoms with Crippen LogP contribution < -0.4 is 0 Å². The summed E-state index contributed by atoms with van der Waals surface area (Å²) in [5.41, 5.74) is 1.13. The lowest BCUT2D eigenvalue weighted by Crippen LogP contribution is -1.70. The number of benzene rings is 1. The molecule has 1 aromatic carbocycles. The Hall–Kier alpha value is -2.13. The molecule has 0 spiro atoms. The molecule has 0 aliphatic rings. The van der Waals surface area contributed by atoms with Crippen LogP contribution >= 0.6 is 11.3 Å². The van der Waals surface area contributed by atoms with Crippen LogP contribution in [0.4, 0.5) is 0 Å². The van der Waals surface area contributed by atoms with Gasteiger partial charge in [-0.05, 0) is 23.1 Å². The molecular formula is C15H11NOS. The Labute approximate surface area is 109 Å². The van der Waals surface area contributed by atoms with E-state index in [0.717, 1.165) is 16.2 Å². The van der Waals surface area contributed by atoms with Crippen molar-refractivity contribution < 1.29 is 4.42 Å². The first kappa shape index (κ1) is 11.0. The summed E-state index contributed by atoms with van der Waals surface area (Å²) in [7, 11) is 0. The first-order chi connectivity index (χ1) is 8.92. The number of rotatable bonds is 3. The predicted molar refractivity (Wildman–Crippen MR) is 75.2 cm³/mol. The Bertz CT molecular complexity index is 638. The van der Waals surface area contributed by atoms with Crippen molar-refractivity contribution in [2.45, 2.75) is 0 Å². The van der Waals surface area contributed by atoms with Gasteiger partial charge in [-0.15, -0.1) is 11.3 Å². The molecule has 3 heteroatoms. The minimum absolute atomic E-state index is 0.627. The van der Waals surface area contributed by atoms with E-state index in [1.165, 1.54) is 0 Å². The SMILES string of the molecule is C(=C\c1ncc(-c2cccs2)o1)/c1ccccc1. The third-order valence-electron chi connectivity index (χ3n) is 2.51. The fraction of sp³-hybridized carbons (Fsp3) is 0. The van der Waals surface area contributed by atoms with E-state index in [4.69, 9.17) is 4.42 Å². The number of oxazole rings is 1. The maximum Gasteiger partial charge on any atom is 0.219 e. The highest BCUT2D eigenvalue weighted by Gasteiger charge is 2.04. The smallest absolute Gasteiger partial charge is 0.219 e. The molecule has 0 saturated heterocycles. The first-order valence-electron chi connectivity index (χ1n) is 5.65. The van der Waals surface area contributed by atoms with Gasteiger partial charge in [0.05, 0.1) is 11.1 Å². The van der Waals surface area contributed by atoms with E-state index >= 15 is 0 Å². The second-order valence-electron chi connectivity index (χ2n) is 3.78. The van der Waals surface area contributed by atoms with Crippen molar-refractivity contribution in [3.63, 3.8) is 0 Å². The molecule has 2 nitrogen and oxygen atoms in total. The van der Waals surface area contributed by atoms with Crippen molar-refractivity contribution in [1.29, 1.82) is 0 Å². The van der Waals surface area contributed by atoms with Gasteiger partial charge < -0.3 is 4.42 Å². The van der Waals surface area contributed by atoms with Crippen LogP contribution in [0.25, 0.3) is 22.8 Å². The van der Waals surface area contributed by atoms with Gasteiger partial charge in [0, 0.05) is 6.08 Å². The van der Waals surface area contributed by atoms with Gasteiger partial charge in [0.15, 0.2) is 5.76 Å². The lowest BCUT2D eigenvalue weighted by Gasteiger charge is -1.90. The quantitative estimate of drug-likeness (QED) is 0.683. The number of nitrogens with zero attached hydrogens (tertiary/aromatic N) is 1. The van der Waals surface area contributed by atoms with Crippen molar-refractivity contribution in [1.82, 2.24) is 4.98 Å². The van der Waals surface area contributed by atoms with Crippen molar-refractivity contribution in [3.05, 3.63) is 65.5 Å². The number of hydrogen-bond acceptors (Lipinski definition) is 3. The maximum absolute atomic E-state index is 5.66. The molecule has 0 saturated carbocycles. The fourth-order valence-electron chi connectivity index (χ4n) is 1.63. The van der Waals surface area contributed by atoms with E-state index in [9.17, 15) is 0 Å². The molecule has 2 heterocycles. The van der Waals surface area contributed by atoms with Crippen LogP contribution in [0.2, 0.25) is 0 Å². The molecule has 0 bridgehead atoms. The van der Waals surface area contributed by atoms with E-state index in [-0.39, 0.29) is 0 Å². The summed E-state index contributed by atoms with van der Waals surface area (Å²) in [5, 5.41) is 2.03. The van der Waals surface area contributed by atoms with Crippen LogP contribution in [0.5, 0.6) is 0 Å². The van der Waals surface area contributed by atoms with Gasteiger partial charge in [-0.25, -0.2) is 4.98 Å². The van der Waals surface area contributed by atoms with Gasteiger partial charge in [0.25, 0.3) is 0 Å². The molecule has 3 aromatic rings. The molecule has 0 N–H and O–H groups in total. The number of thiophene rings is 1. The Balaban J connectivity index is 1.80. The highest BCUT2D eigenvalue weighted by molar-refractivity contribution is 7.13. The second kappa shape index (κ2) is 5.02. The standard InChI is InChI=1S/C15H11NOS/c1-2-5-12(6-3-1)8-9-15-16-11-13(17-15)14-7-4-10-18-14/h1-11H/b9-8+. The third kappa shape index (κ3) is 2.41. The molecule has 0 fully saturated rings. The molecule has 18 heavy (non-hydrogen) atoms. The Morgan fingerprint density at radius 2 is 1.89 bits per heavy atom. The third-order valence-corrected chi connectivity index (χ3v) is 3.39. The van der Waals surface area contributed by atoms with Crippen molar-refractivity contribution >= 4 is 23.5 Å². The van der Waals surface area contributed by atoms with Crippen LogP contribution in [-0.2, 0) is 0 Å². The molecule has 88 valence electrons. The minimum atomic E-state index is 0.627. The molecule has 0 unspecified atom stereocenters. The summed E-state index contributed by atoms with van der Waals surface area (Å²) < 4.78 is 5.66. The van der Waals surface area contributed by atoms with Crippen molar-refractivity contribution in [2.75, 3.05) is 0 Å². The zero-order chi connectivity index (χ0) is 12.2. The molecule has 0 aliphatic heterocycles. The number of aromatic nitrogens is 1. The zero-order valence-electron chi connectivity index (χ0n) is 9.61. The zero-order valence-corrected chi connectivity index (χ0v) is 10.4. The molecule has 0 atom stereocenters. The van der Waals surface area contributed by atoms with E-state index in [0.29, 0.717) is 5.89 Å². The van der Waals surface area contributed by atoms with E-state index in [2.05, 4.69) is 4.98 Å². The van der Waals surface area contributed by atoms with E-state index in [1.807, 2.05) is 60.0 Å². The summed E-state index contributed by atoms with van der Waals surface area (Å²) in [6.45, 7) is 0. The van der Waals surface area contributed by atoms with Gasteiger partial charge in [-0.1, -0.05) is 36.4 Å². The fourth-order valence-corrected chi connectivity index (χ4v) is 2.30. The Morgan fingerprint density at radius 1 is 1.00 bits per heavy atom. The summed E-state index contributed by atoms with van der Waals surface area (Å²) in [5.74, 6) is 1.44. The van der Waals surface area contributed by atoms with Gasteiger partial charge >= 0.3 is 0 Å². The summed E-state index contributed by atoms with van der Waals surface area (Å²) in [6.07, 6.45) is 5.63. The average Bonchev–Trinajstić information content (AvgIpc) is 3.08. The van der Waals surface area contributed by atoms with Crippen LogP contribution in [0.1, 0.15) is 11.5 Å². The topological polar surface area (TPSA) is 26.0 Å². The minimum Gasteiger partial charge on any atom is -0.436 e.